The molecule has 0 radical (unpaired) electrons. The molecule has 6 aliphatic rings. The number of fused-ring (bicyclic) bond motifs is 1. The van der Waals surface area contributed by atoms with E-state index in [2.05, 4.69) is 35.2 Å². The lowest BCUT2D eigenvalue weighted by atomic mass is 9.54. The first-order valence-electron chi connectivity index (χ1n) is 12.0. The summed E-state index contributed by atoms with van der Waals surface area (Å²) in [6.07, 6.45) is 16.3. The van der Waals surface area contributed by atoms with Gasteiger partial charge in [0.15, 0.2) is 0 Å². The highest BCUT2D eigenvalue weighted by Gasteiger charge is 2.51. The van der Waals surface area contributed by atoms with E-state index >= 15 is 0 Å². The van der Waals surface area contributed by atoms with Gasteiger partial charge in [-0.15, -0.1) is 0 Å². The van der Waals surface area contributed by atoms with Gasteiger partial charge in [-0.05, 0) is 74.0 Å². The third-order valence-corrected chi connectivity index (χ3v) is 8.55. The van der Waals surface area contributed by atoms with Crippen LogP contribution in [0.3, 0.4) is 0 Å². The van der Waals surface area contributed by atoms with Gasteiger partial charge >= 0.3 is 0 Å². The maximum Gasteiger partial charge on any atom is 0.130 e. The normalized spacial score (nSPS) is 36.9. The molecule has 1 spiro atoms. The molecule has 7 rings (SSSR count). The highest BCUT2D eigenvalue weighted by molar-refractivity contribution is 5.43. The Hall–Kier alpha value is -1.32. The van der Waals surface area contributed by atoms with Crippen LogP contribution in [0, 0.1) is 17.8 Å². The van der Waals surface area contributed by atoms with Gasteiger partial charge in [-0.3, -0.25) is 0 Å². The minimum Gasteiger partial charge on any atom is -0.490 e. The summed E-state index contributed by atoms with van der Waals surface area (Å²) in [5.74, 6) is 2.94. The largest absolute Gasteiger partial charge is 0.490 e. The summed E-state index contributed by atoms with van der Waals surface area (Å²) >= 11 is 0. The lowest BCUT2D eigenvalue weighted by molar-refractivity contribution is -0.163. The molecule has 1 aromatic carbocycles. The maximum atomic E-state index is 6.62. The highest BCUT2D eigenvalue weighted by atomic mass is 16.5. The van der Waals surface area contributed by atoms with Crippen molar-refractivity contribution in [2.45, 2.75) is 69.0 Å². The number of nitrogens with zero attached hydrogens (tertiary/aromatic N) is 1. The van der Waals surface area contributed by atoms with E-state index in [0.29, 0.717) is 0 Å². The molecule has 0 atom stereocenters. The zero-order valence-electron chi connectivity index (χ0n) is 17.7. The highest BCUT2D eigenvalue weighted by Crippen LogP contribution is 2.57. The van der Waals surface area contributed by atoms with Crippen molar-refractivity contribution in [1.82, 2.24) is 4.90 Å². The molecule has 4 bridgehead atoms. The van der Waals surface area contributed by atoms with E-state index in [-0.39, 0.29) is 11.2 Å². The van der Waals surface area contributed by atoms with Crippen molar-refractivity contribution in [2.75, 3.05) is 26.2 Å². The molecule has 0 N–H and O–H groups in total. The topological polar surface area (TPSA) is 21.7 Å². The SMILES string of the molecule is C1=c2ccccc2=CC2(CCN(CCCOC34CC5CC(CC(C5)C3)C4)CC2)O1. The second kappa shape index (κ2) is 7.13. The molecule has 3 heteroatoms. The van der Waals surface area contributed by atoms with Crippen LogP contribution in [0.15, 0.2) is 24.3 Å². The maximum absolute atomic E-state index is 6.62. The van der Waals surface area contributed by atoms with E-state index < -0.39 is 0 Å². The molecule has 29 heavy (non-hydrogen) atoms. The number of benzene rings is 1. The van der Waals surface area contributed by atoms with Crippen molar-refractivity contribution in [2.24, 2.45) is 17.8 Å². The van der Waals surface area contributed by atoms with Gasteiger partial charge < -0.3 is 14.4 Å². The Morgan fingerprint density at radius 3 is 2.28 bits per heavy atom. The van der Waals surface area contributed by atoms with Gasteiger partial charge in [0.1, 0.15) is 5.60 Å². The Bertz CT molecular complexity index is 832. The average Bonchev–Trinajstić information content (AvgIpc) is 2.72. The fourth-order valence-electron chi connectivity index (χ4n) is 7.45. The van der Waals surface area contributed by atoms with Crippen molar-refractivity contribution in [3.63, 3.8) is 0 Å². The van der Waals surface area contributed by atoms with Crippen LogP contribution >= 0.6 is 0 Å². The molecule has 4 saturated carbocycles. The van der Waals surface area contributed by atoms with Gasteiger partial charge in [0, 0.05) is 44.3 Å². The number of piperidine rings is 1. The quantitative estimate of drug-likeness (QED) is 0.716. The van der Waals surface area contributed by atoms with E-state index in [0.717, 1.165) is 50.3 Å². The van der Waals surface area contributed by atoms with Crippen molar-refractivity contribution in [3.05, 3.63) is 34.7 Å². The van der Waals surface area contributed by atoms with Gasteiger partial charge in [0.25, 0.3) is 0 Å². The molecular weight excluding hydrogens is 358 g/mol. The molecule has 4 aliphatic carbocycles. The van der Waals surface area contributed by atoms with Crippen LogP contribution in [0.25, 0.3) is 12.3 Å². The van der Waals surface area contributed by atoms with E-state index in [1.54, 1.807) is 0 Å². The summed E-state index contributed by atoms with van der Waals surface area (Å²) in [5.41, 5.74) is 0.190. The summed E-state index contributed by atoms with van der Waals surface area (Å²) in [5, 5.41) is 2.54. The molecule has 2 aliphatic heterocycles. The zero-order valence-corrected chi connectivity index (χ0v) is 17.7. The van der Waals surface area contributed by atoms with Crippen LogP contribution in [-0.2, 0) is 9.47 Å². The van der Waals surface area contributed by atoms with Crippen LogP contribution in [-0.4, -0.2) is 42.3 Å². The summed E-state index contributed by atoms with van der Waals surface area (Å²) in [4.78, 5) is 2.62. The summed E-state index contributed by atoms with van der Waals surface area (Å²) in [6, 6.07) is 8.56. The van der Waals surface area contributed by atoms with Crippen molar-refractivity contribution >= 4 is 12.3 Å². The lowest BCUT2D eigenvalue weighted by Gasteiger charge is -2.56. The number of likely N-dealkylation sites (tertiary alicyclic amines) is 1. The predicted molar refractivity (Wildman–Crippen MR) is 116 cm³/mol. The van der Waals surface area contributed by atoms with Crippen molar-refractivity contribution < 1.29 is 9.47 Å². The molecule has 1 saturated heterocycles. The first-order chi connectivity index (χ1) is 14.2. The first-order valence-corrected chi connectivity index (χ1v) is 12.0. The Morgan fingerprint density at radius 2 is 1.59 bits per heavy atom. The fourth-order valence-corrected chi connectivity index (χ4v) is 7.45. The molecular formula is C26H35NO2. The van der Waals surface area contributed by atoms with Gasteiger partial charge in [-0.25, -0.2) is 0 Å². The smallest absolute Gasteiger partial charge is 0.130 e. The minimum absolute atomic E-state index is 0.0828. The molecule has 0 unspecified atom stereocenters. The second-order valence-corrected chi connectivity index (χ2v) is 10.7. The fraction of sp³-hybridized carbons (Fsp3) is 0.692. The second-order valence-electron chi connectivity index (χ2n) is 10.7. The molecule has 3 nitrogen and oxygen atoms in total. The van der Waals surface area contributed by atoms with E-state index in [1.807, 2.05) is 6.26 Å². The molecule has 2 heterocycles. The lowest BCUT2D eigenvalue weighted by Crippen LogP contribution is -2.52. The molecule has 0 amide bonds. The summed E-state index contributed by atoms with van der Waals surface area (Å²) in [6.45, 7) is 4.38. The zero-order chi connectivity index (χ0) is 19.3. The number of hydrogen-bond donors (Lipinski definition) is 0. The van der Waals surface area contributed by atoms with Gasteiger partial charge in [0.2, 0.25) is 0 Å². The van der Waals surface area contributed by atoms with E-state index in [4.69, 9.17) is 9.47 Å². The van der Waals surface area contributed by atoms with Crippen LogP contribution in [0.2, 0.25) is 0 Å². The number of ether oxygens (including phenoxy) is 2. The third kappa shape index (κ3) is 3.55. The summed E-state index contributed by atoms with van der Waals surface area (Å²) in [7, 11) is 0. The molecule has 5 fully saturated rings. The Labute approximate surface area is 174 Å². The predicted octanol–water partition coefficient (Wildman–Crippen LogP) is 3.45. The van der Waals surface area contributed by atoms with Crippen LogP contribution in [0.1, 0.15) is 57.8 Å². The standard InChI is InChI=1S/C26H35NO2/c1-2-5-24-19-29-25(18-23(24)4-1)6-9-27(10-7-25)8-3-11-28-26-15-20-12-21(16-26)14-22(13-20)17-26/h1-2,4-5,18-22H,3,6-17H2. The minimum atomic E-state index is -0.0828. The van der Waals surface area contributed by atoms with Crippen molar-refractivity contribution in [1.29, 1.82) is 0 Å². The molecule has 156 valence electrons. The Balaban J connectivity index is 0.986. The van der Waals surface area contributed by atoms with Crippen LogP contribution in [0.4, 0.5) is 0 Å². The van der Waals surface area contributed by atoms with Crippen LogP contribution in [0.5, 0.6) is 0 Å². The van der Waals surface area contributed by atoms with Gasteiger partial charge in [-0.2, -0.15) is 0 Å². The van der Waals surface area contributed by atoms with Crippen molar-refractivity contribution in [3.8, 4) is 0 Å². The van der Waals surface area contributed by atoms with Gasteiger partial charge in [0.05, 0.1) is 11.9 Å². The van der Waals surface area contributed by atoms with E-state index in [9.17, 15) is 0 Å². The summed E-state index contributed by atoms with van der Waals surface area (Å²) < 4.78 is 12.8. The first kappa shape index (κ1) is 18.4. The monoisotopic (exact) mass is 393 g/mol. The number of rotatable bonds is 5. The average molecular weight is 394 g/mol. The van der Waals surface area contributed by atoms with Crippen LogP contribution < -0.4 is 10.4 Å². The number of hydrogen-bond acceptors (Lipinski definition) is 3. The molecule has 0 aromatic heterocycles. The molecule has 1 aromatic rings. The van der Waals surface area contributed by atoms with E-state index in [1.165, 1.54) is 61.9 Å². The Morgan fingerprint density at radius 1 is 0.931 bits per heavy atom. The van der Waals surface area contributed by atoms with Gasteiger partial charge in [-0.1, -0.05) is 24.3 Å². The Kier molecular flexibility index (Phi) is 4.54. The third-order valence-electron chi connectivity index (χ3n) is 8.55.